The summed E-state index contributed by atoms with van der Waals surface area (Å²) in [4.78, 5) is 4.30. The van der Waals surface area contributed by atoms with Crippen LogP contribution in [0.4, 0.5) is 0 Å². The molecule has 0 atom stereocenters. The van der Waals surface area contributed by atoms with Gasteiger partial charge in [-0.05, 0) is 31.2 Å². The van der Waals surface area contributed by atoms with E-state index in [2.05, 4.69) is 31.8 Å². The maximum Gasteiger partial charge on any atom is 0.237 e. The Morgan fingerprint density at radius 2 is 1.96 bits per heavy atom. The monoisotopic (exact) mass is 349 g/mol. The minimum Gasteiger partial charge on any atom is -0.338 e. The van der Waals surface area contributed by atoms with Gasteiger partial charge in [0.1, 0.15) is 0 Å². The van der Waals surface area contributed by atoms with Gasteiger partial charge in [-0.1, -0.05) is 35.4 Å². The summed E-state index contributed by atoms with van der Waals surface area (Å²) in [6.45, 7) is 4.83. The Labute approximate surface area is 143 Å². The molecule has 0 saturated heterocycles. The number of aromatic nitrogens is 5. The molecule has 0 aliphatic rings. The second kappa shape index (κ2) is 7.14. The minimum atomic E-state index is 0.575. The van der Waals surface area contributed by atoms with Crippen molar-refractivity contribution in [2.45, 2.75) is 37.7 Å². The van der Waals surface area contributed by atoms with Gasteiger partial charge >= 0.3 is 0 Å². The van der Waals surface area contributed by atoms with Crippen LogP contribution < -0.4 is 0 Å². The molecule has 0 amide bonds. The van der Waals surface area contributed by atoms with Crippen LogP contribution in [0.5, 0.6) is 0 Å². The SMILES string of the molecule is CCc1noc(CSc2nnc(-c3ccc(Cl)cc3)n2CC)n1. The predicted octanol–water partition coefficient (Wildman–Crippen LogP) is 3.86. The molecule has 0 radical (unpaired) electrons. The van der Waals surface area contributed by atoms with Gasteiger partial charge in [0.15, 0.2) is 16.8 Å². The van der Waals surface area contributed by atoms with Crippen LogP contribution in [-0.4, -0.2) is 24.9 Å². The zero-order valence-electron chi connectivity index (χ0n) is 12.9. The molecule has 6 nitrogen and oxygen atoms in total. The standard InChI is InChI=1S/C15H16ClN5OS/c1-3-12-17-13(22-20-12)9-23-15-19-18-14(21(15)4-2)10-5-7-11(16)8-6-10/h5-8H,3-4,9H2,1-2H3. The van der Waals surface area contributed by atoms with Crippen LogP contribution in [0.25, 0.3) is 11.4 Å². The Morgan fingerprint density at radius 3 is 2.61 bits per heavy atom. The number of hydrogen-bond donors (Lipinski definition) is 0. The number of thioether (sulfide) groups is 1. The van der Waals surface area contributed by atoms with E-state index in [9.17, 15) is 0 Å². The summed E-state index contributed by atoms with van der Waals surface area (Å²) in [5.41, 5.74) is 0.988. The van der Waals surface area contributed by atoms with Crippen LogP contribution >= 0.6 is 23.4 Å². The zero-order chi connectivity index (χ0) is 16.2. The Hall–Kier alpha value is -1.86. The van der Waals surface area contributed by atoms with E-state index in [4.69, 9.17) is 16.1 Å². The molecule has 1 aromatic carbocycles. The van der Waals surface area contributed by atoms with Gasteiger partial charge in [0.05, 0.1) is 5.75 Å². The summed E-state index contributed by atoms with van der Waals surface area (Å²) < 4.78 is 7.26. The molecule has 0 aliphatic heterocycles. The summed E-state index contributed by atoms with van der Waals surface area (Å²) in [7, 11) is 0. The second-order valence-corrected chi connectivity index (χ2v) is 6.18. The van der Waals surface area contributed by atoms with E-state index in [1.165, 1.54) is 11.8 Å². The smallest absolute Gasteiger partial charge is 0.237 e. The van der Waals surface area contributed by atoms with Crippen molar-refractivity contribution in [3.8, 4) is 11.4 Å². The molecule has 0 unspecified atom stereocenters. The molecule has 0 spiro atoms. The highest BCUT2D eigenvalue weighted by Gasteiger charge is 2.14. The fourth-order valence-electron chi connectivity index (χ4n) is 2.11. The number of rotatable bonds is 6. The summed E-state index contributed by atoms with van der Waals surface area (Å²) in [5.74, 6) is 2.72. The van der Waals surface area contributed by atoms with Crippen LogP contribution in [0.2, 0.25) is 5.02 Å². The highest BCUT2D eigenvalue weighted by atomic mass is 35.5. The summed E-state index contributed by atoms with van der Waals surface area (Å²) >= 11 is 7.47. The Balaban J connectivity index is 1.79. The maximum absolute atomic E-state index is 5.94. The fraction of sp³-hybridized carbons (Fsp3) is 0.333. The van der Waals surface area contributed by atoms with Crippen molar-refractivity contribution in [1.82, 2.24) is 24.9 Å². The summed E-state index contributed by atoms with van der Waals surface area (Å²) in [6.07, 6.45) is 0.764. The van der Waals surface area contributed by atoms with Crippen LogP contribution in [0.1, 0.15) is 25.6 Å². The van der Waals surface area contributed by atoms with Crippen molar-refractivity contribution in [1.29, 1.82) is 0 Å². The van der Waals surface area contributed by atoms with Crippen molar-refractivity contribution in [3.05, 3.63) is 41.0 Å². The van der Waals surface area contributed by atoms with Crippen molar-refractivity contribution >= 4 is 23.4 Å². The first kappa shape index (κ1) is 16.0. The molecule has 3 rings (SSSR count). The predicted molar refractivity (Wildman–Crippen MR) is 89.4 cm³/mol. The Kier molecular flexibility index (Phi) is 4.97. The molecule has 0 fully saturated rings. The molecule has 0 bridgehead atoms. The van der Waals surface area contributed by atoms with Gasteiger partial charge in [0, 0.05) is 23.6 Å². The molecule has 0 N–H and O–H groups in total. The topological polar surface area (TPSA) is 69.6 Å². The summed E-state index contributed by atoms with van der Waals surface area (Å²) in [6, 6.07) is 7.59. The molecule has 0 aliphatic carbocycles. The maximum atomic E-state index is 5.94. The highest BCUT2D eigenvalue weighted by molar-refractivity contribution is 7.98. The van der Waals surface area contributed by atoms with Gasteiger partial charge in [-0.2, -0.15) is 4.98 Å². The van der Waals surface area contributed by atoms with E-state index in [1.54, 1.807) is 0 Å². The van der Waals surface area contributed by atoms with Gasteiger partial charge in [-0.15, -0.1) is 10.2 Å². The van der Waals surface area contributed by atoms with Crippen LogP contribution in [0.15, 0.2) is 33.9 Å². The van der Waals surface area contributed by atoms with Crippen molar-refractivity contribution < 1.29 is 4.52 Å². The van der Waals surface area contributed by atoms with E-state index in [-0.39, 0.29) is 0 Å². The zero-order valence-corrected chi connectivity index (χ0v) is 14.4. The quantitative estimate of drug-likeness (QED) is 0.629. The number of halogens is 1. The van der Waals surface area contributed by atoms with Gasteiger partial charge in [-0.3, -0.25) is 0 Å². The molecule has 3 aromatic rings. The third-order valence-corrected chi connectivity index (χ3v) is 4.49. The molecule has 0 saturated carbocycles. The number of nitrogens with zero attached hydrogens (tertiary/aromatic N) is 5. The molecule has 2 aromatic heterocycles. The van der Waals surface area contributed by atoms with Crippen LogP contribution in [0.3, 0.4) is 0 Å². The second-order valence-electron chi connectivity index (χ2n) is 4.80. The molecular formula is C15H16ClN5OS. The van der Waals surface area contributed by atoms with Crippen LogP contribution in [0, 0.1) is 0 Å². The first-order chi connectivity index (χ1) is 11.2. The lowest BCUT2D eigenvalue weighted by molar-refractivity contribution is 0.385. The first-order valence-electron chi connectivity index (χ1n) is 7.34. The first-order valence-corrected chi connectivity index (χ1v) is 8.71. The number of hydrogen-bond acceptors (Lipinski definition) is 6. The van der Waals surface area contributed by atoms with Gasteiger partial charge in [-0.25, -0.2) is 0 Å². The molecule has 2 heterocycles. The number of aryl methyl sites for hydroxylation is 1. The molecular weight excluding hydrogens is 334 g/mol. The molecule has 8 heteroatoms. The van der Waals surface area contributed by atoms with Crippen molar-refractivity contribution in [3.63, 3.8) is 0 Å². The van der Waals surface area contributed by atoms with Crippen molar-refractivity contribution in [2.75, 3.05) is 0 Å². The van der Waals surface area contributed by atoms with Crippen LogP contribution in [-0.2, 0) is 18.7 Å². The number of benzene rings is 1. The van der Waals surface area contributed by atoms with Gasteiger partial charge in [0.2, 0.25) is 5.89 Å². The molecule has 23 heavy (non-hydrogen) atoms. The lowest BCUT2D eigenvalue weighted by Gasteiger charge is -2.06. The van der Waals surface area contributed by atoms with E-state index in [0.29, 0.717) is 16.7 Å². The summed E-state index contributed by atoms with van der Waals surface area (Å²) in [5, 5.41) is 14.0. The Morgan fingerprint density at radius 1 is 1.17 bits per heavy atom. The van der Waals surface area contributed by atoms with E-state index in [1.807, 2.05) is 31.2 Å². The average molecular weight is 350 g/mol. The lowest BCUT2D eigenvalue weighted by Crippen LogP contribution is -1.99. The van der Waals surface area contributed by atoms with Gasteiger partial charge in [0.25, 0.3) is 0 Å². The lowest BCUT2D eigenvalue weighted by atomic mass is 10.2. The Bertz CT molecular complexity index is 784. The van der Waals surface area contributed by atoms with E-state index in [0.717, 1.165) is 35.3 Å². The average Bonchev–Trinajstić information content (AvgIpc) is 3.19. The van der Waals surface area contributed by atoms with E-state index < -0.39 is 0 Å². The highest BCUT2D eigenvalue weighted by Crippen LogP contribution is 2.26. The normalized spacial score (nSPS) is 11.1. The van der Waals surface area contributed by atoms with Gasteiger partial charge < -0.3 is 9.09 Å². The molecule has 120 valence electrons. The fourth-order valence-corrected chi connectivity index (χ4v) is 3.08. The van der Waals surface area contributed by atoms with E-state index >= 15 is 0 Å². The third-order valence-electron chi connectivity index (χ3n) is 3.29. The largest absolute Gasteiger partial charge is 0.338 e. The van der Waals surface area contributed by atoms with Crippen molar-refractivity contribution in [2.24, 2.45) is 0 Å². The third kappa shape index (κ3) is 3.56. The minimum absolute atomic E-state index is 0.575.